The zero-order valence-electron chi connectivity index (χ0n) is 15.1. The fourth-order valence-corrected chi connectivity index (χ4v) is 3.77. The smallest absolute Gasteiger partial charge is 0.236 e. The molecule has 7 heteroatoms. The summed E-state index contributed by atoms with van der Waals surface area (Å²) in [4.78, 5) is 13.1. The van der Waals surface area contributed by atoms with Gasteiger partial charge >= 0.3 is 0 Å². The molecule has 0 radical (unpaired) electrons. The molecule has 0 atom stereocenters. The highest BCUT2D eigenvalue weighted by atomic mass is 32.2. The van der Waals surface area contributed by atoms with Gasteiger partial charge in [0.25, 0.3) is 0 Å². The molecule has 0 saturated heterocycles. The van der Waals surface area contributed by atoms with Gasteiger partial charge in [-0.25, -0.2) is 0 Å². The summed E-state index contributed by atoms with van der Waals surface area (Å²) in [5, 5.41) is 12.4. The number of hydrogen-bond donors (Lipinski definition) is 1. The van der Waals surface area contributed by atoms with Gasteiger partial charge in [-0.05, 0) is 37.6 Å². The fourth-order valence-electron chi connectivity index (χ4n) is 2.27. The number of nitrogens with one attached hydrogen (secondary N) is 1. The van der Waals surface area contributed by atoms with Crippen LogP contribution < -0.4 is 10.1 Å². The number of nitrogens with zero attached hydrogens (tertiary/aromatic N) is 2. The van der Waals surface area contributed by atoms with Crippen molar-refractivity contribution in [1.29, 1.82) is 0 Å². The van der Waals surface area contributed by atoms with Crippen LogP contribution in [0, 0.1) is 6.92 Å². The highest BCUT2D eigenvalue weighted by molar-refractivity contribution is 8.00. The molecule has 0 unspecified atom stereocenters. The number of aromatic nitrogens is 2. The van der Waals surface area contributed by atoms with Gasteiger partial charge in [0, 0.05) is 11.3 Å². The van der Waals surface area contributed by atoms with Crippen molar-refractivity contribution < 1.29 is 9.53 Å². The molecule has 5 nitrogen and oxygen atoms in total. The number of anilines is 1. The van der Waals surface area contributed by atoms with Crippen molar-refractivity contribution in [3.8, 4) is 5.75 Å². The first-order chi connectivity index (χ1) is 13.2. The summed E-state index contributed by atoms with van der Waals surface area (Å²) in [7, 11) is 0. The lowest BCUT2D eigenvalue weighted by molar-refractivity contribution is -0.113. The van der Waals surface area contributed by atoms with E-state index >= 15 is 0 Å². The Morgan fingerprint density at radius 3 is 2.67 bits per heavy atom. The SMILES string of the molecule is Cc1ccc(SCC(=O)Nc2nnc(CCCOc3ccccc3)s2)cc1. The van der Waals surface area contributed by atoms with E-state index in [4.69, 9.17) is 4.74 Å². The summed E-state index contributed by atoms with van der Waals surface area (Å²) in [6.07, 6.45) is 1.62. The number of hydrogen-bond acceptors (Lipinski definition) is 6. The van der Waals surface area contributed by atoms with Crippen molar-refractivity contribution in [2.75, 3.05) is 17.7 Å². The van der Waals surface area contributed by atoms with Crippen LogP contribution in [0.15, 0.2) is 59.5 Å². The lowest BCUT2D eigenvalue weighted by Crippen LogP contribution is -2.13. The van der Waals surface area contributed by atoms with Crippen LogP contribution in [0.2, 0.25) is 0 Å². The Balaban J connectivity index is 1.37. The minimum absolute atomic E-state index is 0.0734. The van der Waals surface area contributed by atoms with Crippen LogP contribution in [0.3, 0.4) is 0 Å². The summed E-state index contributed by atoms with van der Waals surface area (Å²) in [5.74, 6) is 1.15. The van der Waals surface area contributed by atoms with Crippen molar-refractivity contribution in [3.63, 3.8) is 0 Å². The van der Waals surface area contributed by atoms with Crippen LogP contribution in [-0.4, -0.2) is 28.5 Å². The Kier molecular flexibility index (Phi) is 7.24. The number of para-hydroxylation sites is 1. The lowest BCUT2D eigenvalue weighted by atomic mass is 10.2. The molecule has 1 amide bonds. The maximum absolute atomic E-state index is 12.1. The van der Waals surface area contributed by atoms with Gasteiger partial charge in [-0.3, -0.25) is 10.1 Å². The Morgan fingerprint density at radius 2 is 1.89 bits per heavy atom. The van der Waals surface area contributed by atoms with E-state index < -0.39 is 0 Å². The second kappa shape index (κ2) is 10.1. The first-order valence-corrected chi connectivity index (χ1v) is 10.5. The largest absolute Gasteiger partial charge is 0.494 e. The lowest BCUT2D eigenvalue weighted by Gasteiger charge is -2.04. The predicted molar refractivity (Wildman–Crippen MR) is 111 cm³/mol. The molecular weight excluding hydrogens is 378 g/mol. The maximum atomic E-state index is 12.1. The Labute approximate surface area is 167 Å². The normalized spacial score (nSPS) is 10.6. The molecule has 2 aromatic carbocycles. The summed E-state index contributed by atoms with van der Waals surface area (Å²) < 4.78 is 5.66. The van der Waals surface area contributed by atoms with Crippen molar-refractivity contribution >= 4 is 34.1 Å². The monoisotopic (exact) mass is 399 g/mol. The van der Waals surface area contributed by atoms with Gasteiger partial charge in [0.1, 0.15) is 10.8 Å². The van der Waals surface area contributed by atoms with Gasteiger partial charge in [-0.2, -0.15) is 0 Å². The molecule has 27 heavy (non-hydrogen) atoms. The number of carbonyl (C=O) groups is 1. The molecular formula is C20H21N3O2S2. The van der Waals surface area contributed by atoms with Gasteiger partial charge < -0.3 is 4.74 Å². The first kappa shape index (κ1) is 19.4. The maximum Gasteiger partial charge on any atom is 0.236 e. The molecule has 0 saturated carbocycles. The van der Waals surface area contributed by atoms with Gasteiger partial charge in [0.05, 0.1) is 12.4 Å². The molecule has 1 heterocycles. The summed E-state index contributed by atoms with van der Waals surface area (Å²) in [6.45, 7) is 2.67. The summed E-state index contributed by atoms with van der Waals surface area (Å²) >= 11 is 2.92. The molecule has 3 aromatic rings. The van der Waals surface area contributed by atoms with Crippen LogP contribution >= 0.6 is 23.1 Å². The molecule has 0 bridgehead atoms. The molecule has 0 spiro atoms. The van der Waals surface area contributed by atoms with Crippen molar-refractivity contribution in [3.05, 3.63) is 65.2 Å². The van der Waals surface area contributed by atoms with E-state index in [1.165, 1.54) is 28.7 Å². The van der Waals surface area contributed by atoms with Crippen LogP contribution in [0.5, 0.6) is 5.75 Å². The number of carbonyl (C=O) groups excluding carboxylic acids is 1. The third-order valence-corrected chi connectivity index (χ3v) is 5.56. The molecule has 1 aromatic heterocycles. The van der Waals surface area contributed by atoms with Crippen LogP contribution in [0.1, 0.15) is 17.0 Å². The van der Waals surface area contributed by atoms with Gasteiger partial charge in [-0.15, -0.1) is 22.0 Å². The van der Waals surface area contributed by atoms with E-state index in [0.717, 1.165) is 28.5 Å². The van der Waals surface area contributed by atoms with Crippen LogP contribution in [-0.2, 0) is 11.2 Å². The standard InChI is InChI=1S/C20H21N3O2S2/c1-15-9-11-17(12-10-15)26-14-18(24)21-20-23-22-19(27-20)8-5-13-25-16-6-3-2-4-7-16/h2-4,6-7,9-12H,5,8,13-14H2,1H3,(H,21,23,24). The highest BCUT2D eigenvalue weighted by Crippen LogP contribution is 2.20. The zero-order valence-corrected chi connectivity index (χ0v) is 16.7. The average Bonchev–Trinajstić information content (AvgIpc) is 3.13. The van der Waals surface area contributed by atoms with Crippen LogP contribution in [0.25, 0.3) is 0 Å². The number of rotatable bonds is 9. The Morgan fingerprint density at radius 1 is 1.11 bits per heavy atom. The van der Waals surface area contributed by atoms with Crippen molar-refractivity contribution in [2.24, 2.45) is 0 Å². The number of aryl methyl sites for hydroxylation is 2. The second-order valence-electron chi connectivity index (χ2n) is 5.92. The van der Waals surface area contributed by atoms with E-state index in [2.05, 4.69) is 15.5 Å². The summed E-state index contributed by atoms with van der Waals surface area (Å²) in [6, 6.07) is 17.9. The number of benzene rings is 2. The number of amides is 1. The van der Waals surface area contributed by atoms with Gasteiger partial charge in [-0.1, -0.05) is 47.2 Å². The quantitative estimate of drug-likeness (QED) is 0.421. The van der Waals surface area contributed by atoms with E-state index in [0.29, 0.717) is 17.5 Å². The third kappa shape index (κ3) is 6.69. The van der Waals surface area contributed by atoms with Gasteiger partial charge in [0.2, 0.25) is 11.0 Å². The predicted octanol–water partition coefficient (Wildman–Crippen LogP) is 4.59. The fraction of sp³-hybridized carbons (Fsp3) is 0.250. The first-order valence-electron chi connectivity index (χ1n) is 8.68. The Bertz CT molecular complexity index is 851. The van der Waals surface area contributed by atoms with Crippen molar-refractivity contribution in [1.82, 2.24) is 10.2 Å². The van der Waals surface area contributed by atoms with E-state index in [1.54, 1.807) is 0 Å². The highest BCUT2D eigenvalue weighted by Gasteiger charge is 2.09. The van der Waals surface area contributed by atoms with E-state index in [1.807, 2.05) is 61.5 Å². The topological polar surface area (TPSA) is 64.1 Å². The molecule has 0 aliphatic rings. The molecule has 3 rings (SSSR count). The molecule has 1 N–H and O–H groups in total. The average molecular weight is 400 g/mol. The molecule has 0 fully saturated rings. The zero-order chi connectivity index (χ0) is 18.9. The Hall–Kier alpha value is -2.38. The van der Waals surface area contributed by atoms with Gasteiger partial charge in [0.15, 0.2) is 0 Å². The van der Waals surface area contributed by atoms with Crippen molar-refractivity contribution in [2.45, 2.75) is 24.7 Å². The third-order valence-electron chi connectivity index (χ3n) is 3.65. The van der Waals surface area contributed by atoms with E-state index in [9.17, 15) is 4.79 Å². The minimum Gasteiger partial charge on any atom is -0.494 e. The molecule has 0 aliphatic heterocycles. The minimum atomic E-state index is -0.0734. The molecule has 0 aliphatic carbocycles. The number of thioether (sulfide) groups is 1. The number of ether oxygens (including phenoxy) is 1. The van der Waals surface area contributed by atoms with Crippen LogP contribution in [0.4, 0.5) is 5.13 Å². The summed E-state index contributed by atoms with van der Waals surface area (Å²) in [5.41, 5.74) is 1.21. The second-order valence-corrected chi connectivity index (χ2v) is 8.03. The van der Waals surface area contributed by atoms with E-state index in [-0.39, 0.29) is 5.91 Å². The molecule has 140 valence electrons.